The number of furan rings is 1. The number of methoxy groups -OCH3 is 1. The average molecular weight is 180 g/mol. The normalized spacial score (nSPS) is 11.5. The van der Waals surface area contributed by atoms with Gasteiger partial charge in [0.15, 0.2) is 0 Å². The standard InChI is InChI=1S/C10H12O3/c1-7(10(11)12-3)6-9-5-4-8(2)13-9/h4-6H,1-3H3/b7-6+. The zero-order chi connectivity index (χ0) is 9.84. The molecular formula is C10H12O3. The van der Waals surface area contributed by atoms with E-state index < -0.39 is 0 Å². The van der Waals surface area contributed by atoms with Crippen LogP contribution in [0.15, 0.2) is 22.1 Å². The Morgan fingerprint density at radius 2 is 2.23 bits per heavy atom. The third kappa shape index (κ3) is 2.47. The van der Waals surface area contributed by atoms with E-state index in [1.807, 2.05) is 19.1 Å². The van der Waals surface area contributed by atoms with Crippen LogP contribution in [0.25, 0.3) is 6.08 Å². The van der Waals surface area contributed by atoms with E-state index in [1.165, 1.54) is 7.11 Å². The fraction of sp³-hybridized carbons (Fsp3) is 0.300. The second kappa shape index (κ2) is 3.94. The van der Waals surface area contributed by atoms with Crippen molar-refractivity contribution in [3.8, 4) is 0 Å². The summed E-state index contributed by atoms with van der Waals surface area (Å²) in [7, 11) is 1.35. The van der Waals surface area contributed by atoms with Gasteiger partial charge in [-0.3, -0.25) is 0 Å². The van der Waals surface area contributed by atoms with E-state index in [0.29, 0.717) is 11.3 Å². The van der Waals surface area contributed by atoms with Crippen LogP contribution in [0.3, 0.4) is 0 Å². The quantitative estimate of drug-likeness (QED) is 0.517. The van der Waals surface area contributed by atoms with Crippen LogP contribution >= 0.6 is 0 Å². The largest absolute Gasteiger partial charge is 0.466 e. The molecule has 1 heterocycles. The van der Waals surface area contributed by atoms with Crippen LogP contribution < -0.4 is 0 Å². The first kappa shape index (κ1) is 9.58. The molecular weight excluding hydrogens is 168 g/mol. The van der Waals surface area contributed by atoms with Gasteiger partial charge in [-0.05, 0) is 32.1 Å². The molecule has 0 spiro atoms. The fourth-order valence-corrected chi connectivity index (χ4v) is 0.964. The van der Waals surface area contributed by atoms with Crippen LogP contribution in [0, 0.1) is 6.92 Å². The molecule has 0 aliphatic carbocycles. The minimum absolute atomic E-state index is 0.339. The SMILES string of the molecule is COC(=O)/C(C)=C/c1ccc(C)o1. The van der Waals surface area contributed by atoms with Crippen molar-refractivity contribution >= 4 is 12.0 Å². The van der Waals surface area contributed by atoms with E-state index in [0.717, 1.165) is 5.76 Å². The summed E-state index contributed by atoms with van der Waals surface area (Å²) in [6.45, 7) is 3.54. The Balaban J connectivity index is 2.82. The van der Waals surface area contributed by atoms with Gasteiger partial charge in [-0.1, -0.05) is 0 Å². The first-order valence-corrected chi connectivity index (χ1v) is 3.96. The molecule has 0 bridgehead atoms. The lowest BCUT2D eigenvalue weighted by Gasteiger charge is -1.96. The van der Waals surface area contributed by atoms with Crippen molar-refractivity contribution in [1.29, 1.82) is 0 Å². The number of carbonyl (C=O) groups is 1. The molecule has 1 aromatic rings. The van der Waals surface area contributed by atoms with Gasteiger partial charge in [0.1, 0.15) is 11.5 Å². The zero-order valence-corrected chi connectivity index (χ0v) is 7.96. The Bertz CT molecular complexity index is 334. The lowest BCUT2D eigenvalue weighted by atomic mass is 10.2. The van der Waals surface area contributed by atoms with Gasteiger partial charge in [-0.2, -0.15) is 0 Å². The van der Waals surface area contributed by atoms with E-state index in [9.17, 15) is 4.79 Å². The van der Waals surface area contributed by atoms with E-state index in [-0.39, 0.29) is 5.97 Å². The van der Waals surface area contributed by atoms with E-state index >= 15 is 0 Å². The molecule has 1 aromatic heterocycles. The molecule has 70 valence electrons. The maximum atomic E-state index is 11.0. The lowest BCUT2D eigenvalue weighted by Crippen LogP contribution is -2.00. The van der Waals surface area contributed by atoms with Crippen molar-refractivity contribution in [3.63, 3.8) is 0 Å². The molecule has 0 radical (unpaired) electrons. The number of aryl methyl sites for hydroxylation is 1. The molecule has 0 aliphatic heterocycles. The van der Waals surface area contributed by atoms with Gasteiger partial charge < -0.3 is 9.15 Å². The smallest absolute Gasteiger partial charge is 0.333 e. The van der Waals surface area contributed by atoms with Crippen molar-refractivity contribution < 1.29 is 13.9 Å². The second-order valence-corrected chi connectivity index (χ2v) is 2.77. The first-order chi connectivity index (χ1) is 6.13. The zero-order valence-electron chi connectivity index (χ0n) is 7.96. The molecule has 3 nitrogen and oxygen atoms in total. The number of ether oxygens (including phenoxy) is 1. The number of hydrogen-bond acceptors (Lipinski definition) is 3. The summed E-state index contributed by atoms with van der Waals surface area (Å²) in [6, 6.07) is 3.65. The Morgan fingerprint density at radius 1 is 1.54 bits per heavy atom. The number of hydrogen-bond donors (Lipinski definition) is 0. The summed E-state index contributed by atoms with van der Waals surface area (Å²) in [5.74, 6) is 1.15. The topological polar surface area (TPSA) is 39.4 Å². The Hall–Kier alpha value is -1.51. The molecule has 13 heavy (non-hydrogen) atoms. The highest BCUT2D eigenvalue weighted by Crippen LogP contribution is 2.11. The minimum atomic E-state index is -0.339. The first-order valence-electron chi connectivity index (χ1n) is 3.96. The molecule has 3 heteroatoms. The van der Waals surface area contributed by atoms with E-state index in [2.05, 4.69) is 4.74 Å². The Kier molecular flexibility index (Phi) is 2.90. The molecule has 0 aromatic carbocycles. The van der Waals surface area contributed by atoms with Crippen LogP contribution in [0.1, 0.15) is 18.4 Å². The summed E-state index contributed by atoms with van der Waals surface area (Å²) in [4.78, 5) is 11.0. The monoisotopic (exact) mass is 180 g/mol. The summed E-state index contributed by atoms with van der Waals surface area (Å²) in [5, 5.41) is 0. The van der Waals surface area contributed by atoms with Gasteiger partial charge in [0.2, 0.25) is 0 Å². The van der Waals surface area contributed by atoms with Crippen molar-refractivity contribution in [3.05, 3.63) is 29.2 Å². The summed E-state index contributed by atoms with van der Waals surface area (Å²) < 4.78 is 9.81. The fourth-order valence-electron chi connectivity index (χ4n) is 0.964. The van der Waals surface area contributed by atoms with Crippen LogP contribution in [0.5, 0.6) is 0 Å². The van der Waals surface area contributed by atoms with Gasteiger partial charge in [0.05, 0.1) is 7.11 Å². The summed E-state index contributed by atoms with van der Waals surface area (Å²) >= 11 is 0. The van der Waals surface area contributed by atoms with Crippen LogP contribution in [-0.2, 0) is 9.53 Å². The Morgan fingerprint density at radius 3 is 2.69 bits per heavy atom. The van der Waals surface area contributed by atoms with Gasteiger partial charge in [-0.15, -0.1) is 0 Å². The molecule has 0 N–H and O–H groups in total. The third-order valence-corrected chi connectivity index (χ3v) is 1.63. The molecule has 0 amide bonds. The molecule has 0 aliphatic rings. The Labute approximate surface area is 77.0 Å². The van der Waals surface area contributed by atoms with Crippen LogP contribution in [-0.4, -0.2) is 13.1 Å². The highest BCUT2D eigenvalue weighted by Gasteiger charge is 2.04. The average Bonchev–Trinajstić information content (AvgIpc) is 2.49. The van der Waals surface area contributed by atoms with Crippen molar-refractivity contribution in [2.45, 2.75) is 13.8 Å². The predicted molar refractivity (Wildman–Crippen MR) is 49.1 cm³/mol. The molecule has 0 unspecified atom stereocenters. The minimum Gasteiger partial charge on any atom is -0.466 e. The molecule has 0 saturated carbocycles. The van der Waals surface area contributed by atoms with Gasteiger partial charge >= 0.3 is 5.97 Å². The molecule has 0 atom stereocenters. The van der Waals surface area contributed by atoms with E-state index in [4.69, 9.17) is 4.42 Å². The summed E-state index contributed by atoms with van der Waals surface area (Å²) in [6.07, 6.45) is 1.65. The van der Waals surface area contributed by atoms with Crippen molar-refractivity contribution in [2.75, 3.05) is 7.11 Å². The van der Waals surface area contributed by atoms with Gasteiger partial charge in [-0.25, -0.2) is 4.79 Å². The second-order valence-electron chi connectivity index (χ2n) is 2.77. The van der Waals surface area contributed by atoms with E-state index in [1.54, 1.807) is 13.0 Å². The third-order valence-electron chi connectivity index (χ3n) is 1.63. The lowest BCUT2D eigenvalue weighted by molar-refractivity contribution is -0.135. The molecule has 1 rings (SSSR count). The van der Waals surface area contributed by atoms with Crippen LogP contribution in [0.2, 0.25) is 0 Å². The van der Waals surface area contributed by atoms with Crippen molar-refractivity contribution in [2.24, 2.45) is 0 Å². The maximum absolute atomic E-state index is 11.0. The van der Waals surface area contributed by atoms with Gasteiger partial charge in [0, 0.05) is 5.57 Å². The van der Waals surface area contributed by atoms with Crippen molar-refractivity contribution in [1.82, 2.24) is 0 Å². The number of rotatable bonds is 2. The number of esters is 1. The van der Waals surface area contributed by atoms with Crippen LogP contribution in [0.4, 0.5) is 0 Å². The summed E-state index contributed by atoms with van der Waals surface area (Å²) in [5.41, 5.74) is 0.525. The molecule has 0 saturated heterocycles. The predicted octanol–water partition coefficient (Wildman–Crippen LogP) is 2.16. The highest BCUT2D eigenvalue weighted by atomic mass is 16.5. The highest BCUT2D eigenvalue weighted by molar-refractivity contribution is 5.92. The van der Waals surface area contributed by atoms with Gasteiger partial charge in [0.25, 0.3) is 0 Å². The number of carbonyl (C=O) groups excluding carboxylic acids is 1. The maximum Gasteiger partial charge on any atom is 0.333 e. The molecule has 0 fully saturated rings.